The van der Waals surface area contributed by atoms with Crippen LogP contribution in [0, 0.1) is 6.92 Å². The maximum absolute atomic E-state index is 10.7. The van der Waals surface area contributed by atoms with Gasteiger partial charge in [-0.25, -0.2) is 0 Å². The lowest BCUT2D eigenvalue weighted by atomic mass is 10.2. The maximum Gasteiger partial charge on any atom is 0.357 e. The second kappa shape index (κ2) is 4.71. The van der Waals surface area contributed by atoms with Gasteiger partial charge in [-0.1, -0.05) is 0 Å². The van der Waals surface area contributed by atoms with Gasteiger partial charge in [0.1, 0.15) is 0 Å². The zero-order chi connectivity index (χ0) is 12.3. The van der Waals surface area contributed by atoms with E-state index in [1.807, 2.05) is 29.7 Å². The Morgan fingerprint density at radius 2 is 2.06 bits per heavy atom. The fraction of sp³-hybridized carbons (Fsp3) is 0.400. The number of benzene rings is 1. The molecule has 0 saturated heterocycles. The van der Waals surface area contributed by atoms with Crippen LogP contribution < -0.4 is 9.62 Å². The molecular weight excluding hydrogens is 228 g/mol. The van der Waals surface area contributed by atoms with Gasteiger partial charge in [0.15, 0.2) is 0 Å². The molecule has 6 heteroatoms. The molecule has 0 aromatic heterocycles. The highest BCUT2D eigenvalue weighted by Gasteiger charge is 2.08. The summed E-state index contributed by atoms with van der Waals surface area (Å²) in [7, 11) is -2.25. The zero-order valence-electron chi connectivity index (χ0n) is 9.56. The number of hydrogen-bond donors (Lipinski definition) is 2. The highest BCUT2D eigenvalue weighted by molar-refractivity contribution is 7.87. The van der Waals surface area contributed by atoms with Crippen molar-refractivity contribution in [3.8, 4) is 0 Å². The fourth-order valence-electron chi connectivity index (χ4n) is 1.32. The molecule has 0 radical (unpaired) electrons. The predicted octanol–water partition coefficient (Wildman–Crippen LogP) is 1.67. The Kier molecular flexibility index (Phi) is 3.77. The number of hydrogen-bond acceptors (Lipinski definition) is 3. The molecule has 5 nitrogen and oxygen atoms in total. The molecule has 0 aliphatic carbocycles. The average molecular weight is 244 g/mol. The van der Waals surface area contributed by atoms with Gasteiger partial charge in [-0.15, -0.1) is 0 Å². The third kappa shape index (κ3) is 3.39. The van der Waals surface area contributed by atoms with E-state index < -0.39 is 10.3 Å². The topological polar surface area (TPSA) is 69.6 Å². The minimum Gasteiger partial charge on any atom is -0.375 e. The zero-order valence-corrected chi connectivity index (χ0v) is 10.4. The highest BCUT2D eigenvalue weighted by atomic mass is 32.2. The van der Waals surface area contributed by atoms with Crippen LogP contribution in [-0.4, -0.2) is 26.6 Å². The number of anilines is 2. The van der Waals surface area contributed by atoms with Crippen LogP contribution in [0.15, 0.2) is 18.2 Å². The van der Waals surface area contributed by atoms with Gasteiger partial charge < -0.3 is 4.90 Å². The van der Waals surface area contributed by atoms with Crippen LogP contribution in [0.2, 0.25) is 0 Å². The smallest absolute Gasteiger partial charge is 0.357 e. The van der Waals surface area contributed by atoms with Crippen molar-refractivity contribution in [1.29, 1.82) is 0 Å². The third-order valence-electron chi connectivity index (χ3n) is 2.36. The number of rotatable bonds is 4. The van der Waals surface area contributed by atoms with E-state index in [1.165, 1.54) is 0 Å². The summed E-state index contributed by atoms with van der Waals surface area (Å²) in [5.41, 5.74) is 2.15. The van der Waals surface area contributed by atoms with Gasteiger partial charge in [0.05, 0.1) is 5.69 Å². The van der Waals surface area contributed by atoms with Crippen LogP contribution in [0.4, 0.5) is 11.4 Å². The van der Waals surface area contributed by atoms with Gasteiger partial charge in [0.2, 0.25) is 0 Å². The molecular formula is C10H16N2O3S. The first-order valence-electron chi connectivity index (χ1n) is 4.90. The van der Waals surface area contributed by atoms with Crippen LogP contribution in [-0.2, 0) is 10.3 Å². The molecule has 0 fully saturated rings. The van der Waals surface area contributed by atoms with Crippen molar-refractivity contribution in [2.45, 2.75) is 13.8 Å². The van der Waals surface area contributed by atoms with Crippen molar-refractivity contribution >= 4 is 21.7 Å². The van der Waals surface area contributed by atoms with Crippen LogP contribution in [0.5, 0.6) is 0 Å². The lowest BCUT2D eigenvalue weighted by molar-refractivity contribution is 0.489. The van der Waals surface area contributed by atoms with E-state index in [-0.39, 0.29) is 0 Å². The Balaban J connectivity index is 3.01. The largest absolute Gasteiger partial charge is 0.375 e. The van der Waals surface area contributed by atoms with Crippen molar-refractivity contribution in [3.05, 3.63) is 23.8 Å². The fourth-order valence-corrected chi connectivity index (χ4v) is 1.83. The maximum atomic E-state index is 10.7. The first-order valence-corrected chi connectivity index (χ1v) is 6.34. The normalized spacial score (nSPS) is 11.2. The standard InChI is InChI=1S/C10H16N2O3S/c1-4-12(3)9-5-6-10(8(2)7-9)11-16(13,14)15/h5-7,11H,4H2,1-3H3,(H,13,14,15). The van der Waals surface area contributed by atoms with E-state index in [4.69, 9.17) is 4.55 Å². The van der Waals surface area contributed by atoms with E-state index >= 15 is 0 Å². The molecule has 1 aromatic carbocycles. The average Bonchev–Trinajstić information content (AvgIpc) is 2.18. The Hall–Kier alpha value is -1.27. The Morgan fingerprint density at radius 1 is 1.44 bits per heavy atom. The van der Waals surface area contributed by atoms with Gasteiger partial charge in [0.25, 0.3) is 0 Å². The van der Waals surface area contributed by atoms with Crippen LogP contribution in [0.1, 0.15) is 12.5 Å². The second-order valence-electron chi connectivity index (χ2n) is 3.59. The lowest BCUT2D eigenvalue weighted by Gasteiger charge is -2.18. The van der Waals surface area contributed by atoms with Gasteiger partial charge in [0, 0.05) is 19.3 Å². The summed E-state index contributed by atoms with van der Waals surface area (Å²) in [5, 5.41) is 0. The molecule has 0 unspecified atom stereocenters. The quantitative estimate of drug-likeness (QED) is 0.790. The monoisotopic (exact) mass is 244 g/mol. The van der Waals surface area contributed by atoms with E-state index in [0.29, 0.717) is 5.69 Å². The van der Waals surface area contributed by atoms with Crippen molar-refractivity contribution < 1.29 is 13.0 Å². The summed E-state index contributed by atoms with van der Waals surface area (Å²) < 4.78 is 32.0. The summed E-state index contributed by atoms with van der Waals surface area (Å²) in [6.45, 7) is 4.67. The molecule has 0 aliphatic heterocycles. The number of aryl methyl sites for hydroxylation is 1. The molecule has 0 saturated carbocycles. The van der Waals surface area contributed by atoms with E-state index in [9.17, 15) is 8.42 Å². The molecule has 16 heavy (non-hydrogen) atoms. The molecule has 1 aromatic rings. The summed E-state index contributed by atoms with van der Waals surface area (Å²) in [4.78, 5) is 2.03. The van der Waals surface area contributed by atoms with E-state index in [1.54, 1.807) is 19.1 Å². The van der Waals surface area contributed by atoms with Crippen LogP contribution in [0.3, 0.4) is 0 Å². The molecule has 0 atom stereocenters. The van der Waals surface area contributed by atoms with Gasteiger partial charge in [-0.2, -0.15) is 8.42 Å². The van der Waals surface area contributed by atoms with Gasteiger partial charge in [-0.3, -0.25) is 9.27 Å². The minimum atomic E-state index is -4.20. The Labute approximate surface area is 96.0 Å². The molecule has 0 spiro atoms. The first-order chi connectivity index (χ1) is 7.33. The van der Waals surface area contributed by atoms with E-state index in [0.717, 1.165) is 17.8 Å². The van der Waals surface area contributed by atoms with Crippen LogP contribution in [0.25, 0.3) is 0 Å². The summed E-state index contributed by atoms with van der Waals surface area (Å²) in [6.07, 6.45) is 0. The molecule has 0 bridgehead atoms. The minimum absolute atomic E-state index is 0.385. The summed E-state index contributed by atoms with van der Waals surface area (Å²) in [5.74, 6) is 0. The molecule has 0 heterocycles. The van der Waals surface area contributed by atoms with Gasteiger partial charge in [-0.05, 0) is 37.6 Å². The number of nitrogens with one attached hydrogen (secondary N) is 1. The van der Waals surface area contributed by atoms with Crippen molar-refractivity contribution in [2.75, 3.05) is 23.2 Å². The highest BCUT2D eigenvalue weighted by Crippen LogP contribution is 2.22. The lowest BCUT2D eigenvalue weighted by Crippen LogP contribution is -2.16. The number of nitrogens with zero attached hydrogens (tertiary/aromatic N) is 1. The third-order valence-corrected chi connectivity index (χ3v) is 2.84. The summed E-state index contributed by atoms with van der Waals surface area (Å²) in [6, 6.07) is 5.28. The van der Waals surface area contributed by atoms with Crippen molar-refractivity contribution in [1.82, 2.24) is 0 Å². The van der Waals surface area contributed by atoms with E-state index in [2.05, 4.69) is 0 Å². The molecule has 90 valence electrons. The Bertz CT molecular complexity index is 471. The van der Waals surface area contributed by atoms with Crippen LogP contribution >= 0.6 is 0 Å². The molecule has 1 rings (SSSR count). The molecule has 2 N–H and O–H groups in total. The molecule has 0 amide bonds. The Morgan fingerprint density at radius 3 is 2.50 bits per heavy atom. The SMILES string of the molecule is CCN(C)c1ccc(NS(=O)(=O)O)c(C)c1. The van der Waals surface area contributed by atoms with Crippen molar-refractivity contribution in [3.63, 3.8) is 0 Å². The first kappa shape index (κ1) is 12.8. The predicted molar refractivity (Wildman–Crippen MR) is 65.3 cm³/mol. The molecule has 0 aliphatic rings. The van der Waals surface area contributed by atoms with Crippen molar-refractivity contribution in [2.24, 2.45) is 0 Å². The summed E-state index contributed by atoms with van der Waals surface area (Å²) >= 11 is 0. The van der Waals surface area contributed by atoms with Gasteiger partial charge >= 0.3 is 10.3 Å². The second-order valence-corrected chi connectivity index (χ2v) is 4.74.